The molecule has 0 aliphatic carbocycles. The van der Waals surface area contributed by atoms with Crippen molar-refractivity contribution < 1.29 is 4.52 Å². The lowest BCUT2D eigenvalue weighted by Gasteiger charge is -2.01. The minimum atomic E-state index is 0.799. The van der Waals surface area contributed by atoms with Gasteiger partial charge in [-0.05, 0) is 34.0 Å². The lowest BCUT2D eigenvalue weighted by atomic mass is 10.1. The molecule has 28 heavy (non-hydrogen) atoms. The molecule has 0 spiro atoms. The average molecular weight is 379 g/mol. The second-order valence-corrected chi connectivity index (χ2v) is 7.66. The summed E-state index contributed by atoms with van der Waals surface area (Å²) in [6.45, 7) is 0. The molecule has 0 aliphatic heterocycles. The van der Waals surface area contributed by atoms with E-state index >= 15 is 0 Å². The van der Waals surface area contributed by atoms with Gasteiger partial charge in [0.1, 0.15) is 0 Å². The largest absolute Gasteiger partial charge is 0.409 e. The zero-order valence-electron chi connectivity index (χ0n) is 14.8. The summed E-state index contributed by atoms with van der Waals surface area (Å²) in [7, 11) is 0. The normalized spacial score (nSPS) is 11.6. The number of aromatic amines is 1. The Kier molecular flexibility index (Phi) is 3.30. The minimum absolute atomic E-state index is 0.799. The summed E-state index contributed by atoms with van der Waals surface area (Å²) in [5.74, 6) is 0. The topological polar surface area (TPSA) is 45.7 Å². The first-order valence-corrected chi connectivity index (χ1v) is 9.94. The summed E-state index contributed by atoms with van der Waals surface area (Å²) < 4.78 is 1.97. The van der Waals surface area contributed by atoms with E-state index in [1.165, 1.54) is 10.4 Å². The number of nitrogens with one attached hydrogen (secondary N) is 1. The lowest BCUT2D eigenvalue weighted by molar-refractivity contribution is -0.564. The molecular weight excluding hydrogens is 364 g/mol. The Balaban J connectivity index is 1.74. The second-order valence-electron chi connectivity index (χ2n) is 6.69. The highest BCUT2D eigenvalue weighted by atomic mass is 32.1. The van der Waals surface area contributed by atoms with Gasteiger partial charge in [0.15, 0.2) is 5.69 Å². The minimum Gasteiger partial charge on any atom is -0.333 e. The standard InChI is InChI=1S/C23H14N4S/c1-3-9-15(10-4-1)20-21(16-11-5-2-6-12-16)28-23-25-19-17-13-7-8-14-18(17)24-22(19)26-27(20)23/h1-14H/p+1. The van der Waals surface area contributed by atoms with Crippen LogP contribution in [-0.4, -0.2) is 15.1 Å². The fourth-order valence-electron chi connectivity index (χ4n) is 3.67. The maximum absolute atomic E-state index is 4.99. The van der Waals surface area contributed by atoms with Gasteiger partial charge in [0.25, 0.3) is 0 Å². The number of benzene rings is 3. The Labute approximate surface area is 164 Å². The molecule has 1 N–H and O–H groups in total. The van der Waals surface area contributed by atoms with Crippen molar-refractivity contribution in [1.29, 1.82) is 0 Å². The molecule has 4 nitrogen and oxygen atoms in total. The predicted octanol–water partition coefficient (Wildman–Crippen LogP) is 5.25. The van der Waals surface area contributed by atoms with Gasteiger partial charge in [0.2, 0.25) is 11.2 Å². The summed E-state index contributed by atoms with van der Waals surface area (Å²) in [4.78, 5) is 10.4. The van der Waals surface area contributed by atoms with E-state index in [4.69, 9.17) is 10.1 Å². The van der Waals surface area contributed by atoms with Crippen LogP contribution in [0.25, 0.3) is 48.7 Å². The summed E-state index contributed by atoms with van der Waals surface area (Å²) in [5.41, 5.74) is 6.14. The second kappa shape index (κ2) is 5.97. The van der Waals surface area contributed by atoms with Crippen LogP contribution in [0.3, 0.4) is 0 Å². The molecule has 0 aliphatic rings. The van der Waals surface area contributed by atoms with Crippen molar-refractivity contribution in [1.82, 2.24) is 15.1 Å². The molecule has 0 radical (unpaired) electrons. The first-order chi connectivity index (χ1) is 13.9. The summed E-state index contributed by atoms with van der Waals surface area (Å²) >= 11 is 1.67. The number of thiazole rings is 1. The third-order valence-corrected chi connectivity index (χ3v) is 6.03. The van der Waals surface area contributed by atoms with Gasteiger partial charge < -0.3 is 4.98 Å². The highest BCUT2D eigenvalue weighted by molar-refractivity contribution is 7.20. The van der Waals surface area contributed by atoms with Crippen LogP contribution in [0, 0.1) is 0 Å². The molecule has 0 unspecified atom stereocenters. The Bertz CT molecular complexity index is 1450. The molecule has 5 heteroatoms. The lowest BCUT2D eigenvalue weighted by Crippen LogP contribution is -2.28. The highest BCUT2D eigenvalue weighted by Crippen LogP contribution is 2.35. The monoisotopic (exact) mass is 379 g/mol. The van der Waals surface area contributed by atoms with Crippen LogP contribution >= 0.6 is 11.3 Å². The Morgan fingerprint density at radius 2 is 1.43 bits per heavy atom. The van der Waals surface area contributed by atoms with Crippen molar-refractivity contribution in [3.63, 3.8) is 0 Å². The SMILES string of the molecule is c1ccc(-c2sc3nc4c(n[n+]3c2-c2ccccc2)[nH]c2ccccc24)cc1. The molecule has 0 atom stereocenters. The third kappa shape index (κ3) is 2.27. The quantitative estimate of drug-likeness (QED) is 0.418. The molecule has 3 heterocycles. The maximum atomic E-state index is 4.99. The number of nitrogens with zero attached hydrogens (tertiary/aromatic N) is 3. The molecule has 3 aromatic carbocycles. The molecule has 6 rings (SSSR count). The first kappa shape index (κ1) is 15.5. The molecule has 6 aromatic rings. The number of fused-ring (bicyclic) bond motifs is 4. The van der Waals surface area contributed by atoms with Crippen LogP contribution in [0.15, 0.2) is 84.9 Å². The van der Waals surface area contributed by atoms with Crippen molar-refractivity contribution >= 4 is 38.4 Å². The fraction of sp³-hybridized carbons (Fsp3) is 0. The Morgan fingerprint density at radius 3 is 2.21 bits per heavy atom. The van der Waals surface area contributed by atoms with Crippen molar-refractivity contribution in [2.24, 2.45) is 0 Å². The Hall–Kier alpha value is -3.57. The van der Waals surface area contributed by atoms with Crippen molar-refractivity contribution in [2.45, 2.75) is 0 Å². The van der Waals surface area contributed by atoms with Gasteiger partial charge in [-0.1, -0.05) is 82.4 Å². The van der Waals surface area contributed by atoms with Crippen LogP contribution in [0.4, 0.5) is 0 Å². The van der Waals surface area contributed by atoms with Crippen molar-refractivity contribution in [3.05, 3.63) is 84.9 Å². The van der Waals surface area contributed by atoms with Gasteiger partial charge in [-0.2, -0.15) is 0 Å². The van der Waals surface area contributed by atoms with Crippen molar-refractivity contribution in [2.75, 3.05) is 0 Å². The smallest absolute Gasteiger partial charge is 0.333 e. The van der Waals surface area contributed by atoms with Crippen LogP contribution in [0.1, 0.15) is 0 Å². The van der Waals surface area contributed by atoms with Crippen LogP contribution in [-0.2, 0) is 0 Å². The fourth-order valence-corrected chi connectivity index (χ4v) is 4.76. The maximum Gasteiger partial charge on any atom is 0.409 e. The molecule has 3 aromatic heterocycles. The van der Waals surface area contributed by atoms with Gasteiger partial charge in [-0.15, -0.1) is 0 Å². The van der Waals surface area contributed by atoms with Gasteiger partial charge in [-0.3, -0.25) is 0 Å². The summed E-state index contributed by atoms with van der Waals surface area (Å²) in [6, 6.07) is 29.1. The van der Waals surface area contributed by atoms with Gasteiger partial charge in [0.05, 0.1) is 15.8 Å². The van der Waals surface area contributed by atoms with E-state index < -0.39 is 0 Å². The zero-order chi connectivity index (χ0) is 18.5. The molecular formula is C23H15N4S+. The number of para-hydroxylation sites is 1. The highest BCUT2D eigenvalue weighted by Gasteiger charge is 2.26. The average Bonchev–Trinajstić information content (AvgIpc) is 3.31. The predicted molar refractivity (Wildman–Crippen MR) is 113 cm³/mol. The van der Waals surface area contributed by atoms with Crippen LogP contribution < -0.4 is 4.52 Å². The third-order valence-electron chi connectivity index (χ3n) is 4.95. The number of hydrogen-bond donors (Lipinski definition) is 1. The summed E-state index contributed by atoms with van der Waals surface area (Å²) in [6.07, 6.45) is 0. The molecule has 0 amide bonds. The van der Waals surface area contributed by atoms with Gasteiger partial charge >= 0.3 is 4.96 Å². The van der Waals surface area contributed by atoms with E-state index in [-0.39, 0.29) is 0 Å². The molecule has 132 valence electrons. The molecule has 0 bridgehead atoms. The molecule has 0 saturated heterocycles. The number of hydrogen-bond acceptors (Lipinski definition) is 3. The van der Waals surface area contributed by atoms with Crippen molar-refractivity contribution in [3.8, 4) is 21.7 Å². The number of rotatable bonds is 2. The number of H-pyrrole nitrogens is 1. The van der Waals surface area contributed by atoms with Gasteiger partial charge in [0, 0.05) is 5.56 Å². The molecule has 0 saturated carbocycles. The zero-order valence-corrected chi connectivity index (χ0v) is 15.6. The van der Waals surface area contributed by atoms with E-state index in [1.54, 1.807) is 11.3 Å². The van der Waals surface area contributed by atoms with E-state index in [9.17, 15) is 0 Å². The Morgan fingerprint density at radius 1 is 0.750 bits per heavy atom. The summed E-state index contributed by atoms with van der Waals surface area (Å²) in [5, 5.41) is 6.05. The van der Waals surface area contributed by atoms with E-state index in [2.05, 4.69) is 65.6 Å². The van der Waals surface area contributed by atoms with E-state index in [0.29, 0.717) is 0 Å². The van der Waals surface area contributed by atoms with Crippen LogP contribution in [0.2, 0.25) is 0 Å². The van der Waals surface area contributed by atoms with Crippen LogP contribution in [0.5, 0.6) is 0 Å². The van der Waals surface area contributed by atoms with E-state index in [1.807, 2.05) is 28.8 Å². The molecule has 0 fully saturated rings. The first-order valence-electron chi connectivity index (χ1n) is 9.12. The van der Waals surface area contributed by atoms with E-state index in [0.717, 1.165) is 38.3 Å². The van der Waals surface area contributed by atoms with Gasteiger partial charge in [-0.25, -0.2) is 0 Å². The number of aromatic nitrogens is 4.